The zero-order chi connectivity index (χ0) is 29.9. The highest BCUT2D eigenvalue weighted by Crippen LogP contribution is 2.43. The fourth-order valence-electron chi connectivity index (χ4n) is 2.52. The second kappa shape index (κ2) is 13.8. The summed E-state index contributed by atoms with van der Waals surface area (Å²) in [5.41, 5.74) is 3.17. The number of nitrogens with one attached hydrogen (secondary N) is 2. The molecule has 17 heteroatoms. The molecule has 210 valence electrons. The van der Waals surface area contributed by atoms with Crippen LogP contribution in [0.3, 0.4) is 0 Å². The first-order chi connectivity index (χ1) is 18.7. The summed E-state index contributed by atoms with van der Waals surface area (Å²) in [5, 5.41) is 31.2. The molecule has 1 aliphatic rings. The topological polar surface area (TPSA) is 161 Å². The molecule has 0 bridgehead atoms. The number of para-hydroxylation sites is 1. The van der Waals surface area contributed by atoms with Crippen LogP contribution in [0.4, 0.5) is 38.0 Å². The molecule has 0 radical (unpaired) electrons. The first kappa shape index (κ1) is 31.4. The van der Waals surface area contributed by atoms with Crippen LogP contribution >= 0.6 is 11.8 Å². The number of carbonyl (C=O) groups is 2. The molecule has 3 heterocycles. The van der Waals surface area contributed by atoms with Crippen molar-refractivity contribution in [1.29, 1.82) is 5.26 Å². The van der Waals surface area contributed by atoms with Gasteiger partial charge in [-0.3, -0.25) is 4.98 Å². The number of aliphatic carboxylic acids is 2. The van der Waals surface area contributed by atoms with Crippen LogP contribution in [-0.2, 0) is 16.1 Å². The van der Waals surface area contributed by atoms with Crippen LogP contribution in [0.25, 0.3) is 5.57 Å². The number of fused-ring (bicyclic) bond motifs is 1. The molecule has 1 aliphatic heterocycles. The fraction of sp³-hybridized carbons (Fsp3) is 0.130. The van der Waals surface area contributed by atoms with E-state index in [0.717, 1.165) is 21.2 Å². The van der Waals surface area contributed by atoms with E-state index in [2.05, 4.69) is 31.7 Å². The van der Waals surface area contributed by atoms with E-state index >= 15 is 0 Å². The quantitative estimate of drug-likeness (QED) is 0.236. The first-order valence-corrected chi connectivity index (χ1v) is 11.3. The number of carboxylic acids is 2. The van der Waals surface area contributed by atoms with Crippen LogP contribution in [-0.4, -0.2) is 49.5 Å². The van der Waals surface area contributed by atoms with Gasteiger partial charge < -0.3 is 20.8 Å². The van der Waals surface area contributed by atoms with Gasteiger partial charge in [0.05, 0.1) is 16.4 Å². The van der Waals surface area contributed by atoms with Gasteiger partial charge in [0.15, 0.2) is 0 Å². The Morgan fingerprint density at radius 2 is 1.52 bits per heavy atom. The Kier molecular flexibility index (Phi) is 10.8. The van der Waals surface area contributed by atoms with E-state index in [0.29, 0.717) is 23.8 Å². The third kappa shape index (κ3) is 9.79. The molecule has 4 N–H and O–H groups in total. The predicted octanol–water partition coefficient (Wildman–Crippen LogP) is 5.16. The van der Waals surface area contributed by atoms with E-state index in [1.807, 2.05) is 36.4 Å². The number of rotatable bonds is 4. The SMILES string of the molecule is N#C/C(=C1/Nc2ccccc2S1)c1ccnc(NCc2ccncc2)n1.O=C(O)C(F)(F)F.O=C(O)C(F)(F)F. The number of aromatic nitrogens is 3. The van der Waals surface area contributed by atoms with Gasteiger partial charge in [-0.1, -0.05) is 23.9 Å². The van der Waals surface area contributed by atoms with Gasteiger partial charge in [-0.15, -0.1) is 0 Å². The van der Waals surface area contributed by atoms with Crippen molar-refractivity contribution in [1.82, 2.24) is 15.0 Å². The molecule has 40 heavy (non-hydrogen) atoms. The van der Waals surface area contributed by atoms with E-state index < -0.39 is 24.3 Å². The largest absolute Gasteiger partial charge is 0.490 e. The van der Waals surface area contributed by atoms with Crippen LogP contribution in [0.1, 0.15) is 11.3 Å². The molecule has 0 spiro atoms. The minimum Gasteiger partial charge on any atom is -0.475 e. The number of alkyl halides is 6. The Bertz CT molecular complexity index is 1360. The first-order valence-electron chi connectivity index (χ1n) is 10.5. The van der Waals surface area contributed by atoms with Gasteiger partial charge in [-0.2, -0.15) is 31.6 Å². The van der Waals surface area contributed by atoms with E-state index in [1.54, 1.807) is 24.7 Å². The smallest absolute Gasteiger partial charge is 0.475 e. The maximum absolute atomic E-state index is 10.6. The Balaban J connectivity index is 0.000000333. The average Bonchev–Trinajstić information content (AvgIpc) is 3.32. The minimum atomic E-state index is -5.08. The Hall–Kier alpha value is -4.85. The van der Waals surface area contributed by atoms with Gasteiger partial charge >= 0.3 is 24.3 Å². The van der Waals surface area contributed by atoms with Crippen molar-refractivity contribution in [3.63, 3.8) is 0 Å². The highest BCUT2D eigenvalue weighted by atomic mass is 32.2. The molecule has 2 aromatic heterocycles. The van der Waals surface area contributed by atoms with Gasteiger partial charge in [0, 0.05) is 30.0 Å². The molecule has 0 fully saturated rings. The van der Waals surface area contributed by atoms with Crippen LogP contribution in [0, 0.1) is 11.3 Å². The lowest BCUT2D eigenvalue weighted by Gasteiger charge is -2.07. The molecule has 0 amide bonds. The molecular formula is C23H16F6N6O4S. The number of thioether (sulfide) groups is 1. The van der Waals surface area contributed by atoms with Crippen LogP contribution in [0.15, 0.2) is 71.0 Å². The van der Waals surface area contributed by atoms with Crippen LogP contribution in [0.5, 0.6) is 0 Å². The normalized spacial score (nSPS) is 13.1. The minimum absolute atomic E-state index is 0.480. The van der Waals surface area contributed by atoms with Crippen molar-refractivity contribution in [3.05, 3.63) is 77.3 Å². The third-order valence-electron chi connectivity index (χ3n) is 4.28. The maximum Gasteiger partial charge on any atom is 0.490 e. The zero-order valence-electron chi connectivity index (χ0n) is 19.7. The highest BCUT2D eigenvalue weighted by molar-refractivity contribution is 8.04. The van der Waals surface area contributed by atoms with Crippen molar-refractivity contribution in [3.8, 4) is 6.07 Å². The van der Waals surface area contributed by atoms with Crippen LogP contribution in [0.2, 0.25) is 0 Å². The molecule has 3 aromatic rings. The fourth-order valence-corrected chi connectivity index (χ4v) is 3.53. The van der Waals surface area contributed by atoms with Gasteiger partial charge in [0.2, 0.25) is 5.95 Å². The number of pyridine rings is 1. The van der Waals surface area contributed by atoms with E-state index in [-0.39, 0.29) is 0 Å². The van der Waals surface area contributed by atoms with Gasteiger partial charge in [-0.05, 0) is 35.9 Å². The highest BCUT2D eigenvalue weighted by Gasteiger charge is 2.38. The van der Waals surface area contributed by atoms with Crippen molar-refractivity contribution in [2.45, 2.75) is 23.8 Å². The molecule has 1 aromatic carbocycles. The van der Waals surface area contributed by atoms with Crippen molar-refractivity contribution in [2.75, 3.05) is 10.6 Å². The lowest BCUT2D eigenvalue weighted by molar-refractivity contribution is -0.193. The Morgan fingerprint density at radius 1 is 0.950 bits per heavy atom. The number of halogens is 6. The Labute approximate surface area is 225 Å². The summed E-state index contributed by atoms with van der Waals surface area (Å²) in [6.45, 7) is 0.586. The maximum atomic E-state index is 10.6. The van der Waals surface area contributed by atoms with Crippen molar-refractivity contribution in [2.24, 2.45) is 0 Å². The molecule has 0 saturated carbocycles. The molecule has 10 nitrogen and oxygen atoms in total. The van der Waals surface area contributed by atoms with Gasteiger partial charge in [-0.25, -0.2) is 19.6 Å². The summed E-state index contributed by atoms with van der Waals surface area (Å²) in [7, 11) is 0. The predicted molar refractivity (Wildman–Crippen MR) is 129 cm³/mol. The average molecular weight is 586 g/mol. The molecule has 0 aliphatic carbocycles. The summed E-state index contributed by atoms with van der Waals surface area (Å²) in [6, 6.07) is 15.8. The van der Waals surface area contributed by atoms with Crippen molar-refractivity contribution >= 4 is 40.9 Å². The van der Waals surface area contributed by atoms with Gasteiger partial charge in [0.25, 0.3) is 0 Å². The molecule has 0 saturated heterocycles. The molecule has 0 unspecified atom stereocenters. The number of hydrogen-bond donors (Lipinski definition) is 4. The molecule has 0 atom stereocenters. The molecular weight excluding hydrogens is 570 g/mol. The summed E-state index contributed by atoms with van der Waals surface area (Å²) in [6.07, 6.45) is -5.03. The van der Waals surface area contributed by atoms with Crippen LogP contribution < -0.4 is 10.6 Å². The second-order valence-electron chi connectivity index (χ2n) is 7.12. The Morgan fingerprint density at radius 3 is 2.05 bits per heavy atom. The number of nitriles is 1. The summed E-state index contributed by atoms with van der Waals surface area (Å²) in [4.78, 5) is 31.6. The number of nitrogens with zero attached hydrogens (tertiary/aromatic N) is 4. The summed E-state index contributed by atoms with van der Waals surface area (Å²) >= 11 is 1.54. The lowest BCUT2D eigenvalue weighted by Crippen LogP contribution is -2.21. The number of carboxylic acid groups (broad SMARTS) is 2. The standard InChI is InChI=1S/C19H14N6S.2C2HF3O2/c20-11-14(18-24-16-3-1-2-4-17(16)26-18)15-7-10-22-19(25-15)23-12-13-5-8-21-9-6-13;2*3-2(4,5)1(6)7/h1-10,24H,12H2,(H,22,23,25);2*(H,6,7)/b18-14+;;. The second-order valence-corrected chi connectivity index (χ2v) is 8.17. The number of hydrogen-bond acceptors (Lipinski definition) is 9. The van der Waals surface area contributed by atoms with E-state index in [9.17, 15) is 31.6 Å². The number of allylic oxidation sites excluding steroid dienone is 1. The van der Waals surface area contributed by atoms with Crippen molar-refractivity contribution < 1.29 is 46.1 Å². The van der Waals surface area contributed by atoms with E-state index in [4.69, 9.17) is 19.8 Å². The third-order valence-corrected chi connectivity index (χ3v) is 5.37. The zero-order valence-corrected chi connectivity index (χ0v) is 20.5. The van der Waals surface area contributed by atoms with Gasteiger partial charge in [0.1, 0.15) is 11.6 Å². The monoisotopic (exact) mass is 586 g/mol. The molecule has 4 rings (SSSR count). The number of benzene rings is 1. The van der Waals surface area contributed by atoms with E-state index in [1.165, 1.54) is 11.8 Å². The number of anilines is 2. The summed E-state index contributed by atoms with van der Waals surface area (Å²) in [5.74, 6) is -5.03. The summed E-state index contributed by atoms with van der Waals surface area (Å²) < 4.78 is 63.5. The lowest BCUT2D eigenvalue weighted by atomic mass is 10.2.